The molecule has 0 fully saturated rings. The smallest absolute Gasteiger partial charge is 0.416 e. The molecule has 1 amide bonds. The van der Waals surface area contributed by atoms with Crippen LogP contribution >= 0.6 is 0 Å². The number of alkyl halides is 3. The van der Waals surface area contributed by atoms with Crippen LogP contribution in [0.2, 0.25) is 0 Å². The van der Waals surface area contributed by atoms with Gasteiger partial charge in [0, 0.05) is 12.7 Å². The average molecular weight is 310 g/mol. The zero-order valence-electron chi connectivity index (χ0n) is 11.6. The summed E-state index contributed by atoms with van der Waals surface area (Å²) in [6.45, 7) is 0.106. The normalized spacial score (nSPS) is 11.1. The van der Waals surface area contributed by atoms with Crippen LogP contribution in [0.25, 0.3) is 0 Å². The zero-order chi connectivity index (χ0) is 16.2. The lowest BCUT2D eigenvalue weighted by atomic mass is 10.1. The van der Waals surface area contributed by atoms with Crippen molar-refractivity contribution in [2.45, 2.75) is 12.7 Å². The van der Waals surface area contributed by atoms with Gasteiger partial charge in [0.05, 0.1) is 12.7 Å². The number of hydrogen-bond acceptors (Lipinski definition) is 3. The van der Waals surface area contributed by atoms with Crippen LogP contribution in [-0.4, -0.2) is 18.0 Å². The standard InChI is InChI=1S/C15H13F3N2O2/c1-22-14-12(3-2-8-19-14)13(21)20-9-10-4-6-11(7-5-10)15(16,17)18/h2-8H,9H2,1H3,(H,20,21). The predicted octanol–water partition coefficient (Wildman–Crippen LogP) is 3.04. The molecule has 7 heteroatoms. The molecule has 0 aliphatic carbocycles. The molecule has 0 saturated heterocycles. The minimum absolute atomic E-state index is 0.106. The van der Waals surface area contributed by atoms with E-state index in [4.69, 9.17) is 4.74 Å². The van der Waals surface area contributed by atoms with Gasteiger partial charge in [-0.25, -0.2) is 4.98 Å². The summed E-state index contributed by atoms with van der Waals surface area (Å²) in [4.78, 5) is 15.9. The Balaban J connectivity index is 2.02. The number of carbonyl (C=O) groups is 1. The van der Waals surface area contributed by atoms with Crippen LogP contribution in [0.3, 0.4) is 0 Å². The second-order valence-electron chi connectivity index (χ2n) is 4.44. The zero-order valence-corrected chi connectivity index (χ0v) is 11.6. The number of aromatic nitrogens is 1. The van der Waals surface area contributed by atoms with Gasteiger partial charge in [-0.3, -0.25) is 4.79 Å². The summed E-state index contributed by atoms with van der Waals surface area (Å²) < 4.78 is 42.3. The molecule has 0 atom stereocenters. The second-order valence-corrected chi connectivity index (χ2v) is 4.44. The molecule has 0 spiro atoms. The van der Waals surface area contributed by atoms with E-state index in [-0.39, 0.29) is 18.0 Å². The number of nitrogens with zero attached hydrogens (tertiary/aromatic N) is 1. The van der Waals surface area contributed by atoms with Crippen molar-refractivity contribution in [3.05, 3.63) is 59.3 Å². The fourth-order valence-corrected chi connectivity index (χ4v) is 1.82. The molecule has 116 valence electrons. The number of benzene rings is 1. The first-order valence-electron chi connectivity index (χ1n) is 6.35. The van der Waals surface area contributed by atoms with Crippen molar-refractivity contribution in [1.82, 2.24) is 10.3 Å². The Morgan fingerprint density at radius 2 is 1.91 bits per heavy atom. The van der Waals surface area contributed by atoms with E-state index in [0.29, 0.717) is 5.56 Å². The summed E-state index contributed by atoms with van der Waals surface area (Å²) in [7, 11) is 1.40. The number of ether oxygens (including phenoxy) is 1. The first-order chi connectivity index (χ1) is 10.4. The average Bonchev–Trinajstić information content (AvgIpc) is 2.52. The van der Waals surface area contributed by atoms with Gasteiger partial charge in [0.15, 0.2) is 0 Å². The van der Waals surface area contributed by atoms with Crippen LogP contribution in [0.4, 0.5) is 13.2 Å². The molecule has 1 aromatic carbocycles. The van der Waals surface area contributed by atoms with Crippen molar-refractivity contribution in [2.75, 3.05) is 7.11 Å². The third kappa shape index (κ3) is 3.75. The molecule has 1 N–H and O–H groups in total. The van der Waals surface area contributed by atoms with Crippen molar-refractivity contribution >= 4 is 5.91 Å². The van der Waals surface area contributed by atoms with Crippen LogP contribution in [-0.2, 0) is 12.7 Å². The Morgan fingerprint density at radius 1 is 1.23 bits per heavy atom. The minimum atomic E-state index is -4.37. The van der Waals surface area contributed by atoms with E-state index in [0.717, 1.165) is 12.1 Å². The lowest BCUT2D eigenvalue weighted by Crippen LogP contribution is -2.23. The van der Waals surface area contributed by atoms with Crippen molar-refractivity contribution in [2.24, 2.45) is 0 Å². The number of methoxy groups -OCH3 is 1. The predicted molar refractivity (Wildman–Crippen MR) is 73.4 cm³/mol. The number of nitrogens with one attached hydrogen (secondary N) is 1. The third-order valence-electron chi connectivity index (χ3n) is 2.94. The van der Waals surface area contributed by atoms with Gasteiger partial charge in [-0.05, 0) is 29.8 Å². The highest BCUT2D eigenvalue weighted by molar-refractivity contribution is 5.96. The fraction of sp³-hybridized carbons (Fsp3) is 0.200. The maximum atomic E-state index is 12.4. The monoisotopic (exact) mass is 310 g/mol. The molecule has 0 aliphatic rings. The van der Waals surface area contributed by atoms with Gasteiger partial charge in [0.25, 0.3) is 5.91 Å². The quantitative estimate of drug-likeness (QED) is 0.944. The van der Waals surface area contributed by atoms with Crippen LogP contribution in [0, 0.1) is 0 Å². The van der Waals surface area contributed by atoms with Gasteiger partial charge in [0.2, 0.25) is 5.88 Å². The molecular weight excluding hydrogens is 297 g/mol. The number of amides is 1. The molecule has 0 bridgehead atoms. The highest BCUT2D eigenvalue weighted by atomic mass is 19.4. The number of pyridine rings is 1. The van der Waals surface area contributed by atoms with E-state index < -0.39 is 17.6 Å². The highest BCUT2D eigenvalue weighted by Crippen LogP contribution is 2.29. The summed E-state index contributed by atoms with van der Waals surface area (Å²) >= 11 is 0. The van der Waals surface area contributed by atoms with E-state index in [9.17, 15) is 18.0 Å². The maximum absolute atomic E-state index is 12.4. The highest BCUT2D eigenvalue weighted by Gasteiger charge is 2.29. The number of carbonyl (C=O) groups excluding carboxylic acids is 1. The SMILES string of the molecule is COc1ncccc1C(=O)NCc1ccc(C(F)(F)F)cc1. The summed E-state index contributed by atoms with van der Waals surface area (Å²) in [6.07, 6.45) is -2.88. The van der Waals surface area contributed by atoms with E-state index >= 15 is 0 Å². The Morgan fingerprint density at radius 3 is 2.50 bits per heavy atom. The first-order valence-corrected chi connectivity index (χ1v) is 6.35. The van der Waals surface area contributed by atoms with E-state index in [2.05, 4.69) is 10.3 Å². The molecular formula is C15H13F3N2O2. The number of hydrogen-bond donors (Lipinski definition) is 1. The summed E-state index contributed by atoms with van der Waals surface area (Å²) in [5.74, 6) is -0.225. The topological polar surface area (TPSA) is 51.2 Å². The van der Waals surface area contributed by atoms with Crippen molar-refractivity contribution in [3.63, 3.8) is 0 Å². The van der Waals surface area contributed by atoms with E-state index in [1.54, 1.807) is 12.1 Å². The van der Waals surface area contributed by atoms with Gasteiger partial charge in [-0.1, -0.05) is 12.1 Å². The van der Waals surface area contributed by atoms with Gasteiger partial charge < -0.3 is 10.1 Å². The molecule has 1 heterocycles. The lowest BCUT2D eigenvalue weighted by molar-refractivity contribution is -0.137. The number of halogens is 3. The number of rotatable bonds is 4. The minimum Gasteiger partial charge on any atom is -0.480 e. The van der Waals surface area contributed by atoms with Crippen molar-refractivity contribution < 1.29 is 22.7 Å². The molecule has 0 radical (unpaired) electrons. The van der Waals surface area contributed by atoms with Crippen molar-refractivity contribution in [1.29, 1.82) is 0 Å². The largest absolute Gasteiger partial charge is 0.480 e. The summed E-state index contributed by atoms with van der Waals surface area (Å²) in [5.41, 5.74) is 0.0950. The molecule has 1 aromatic heterocycles. The van der Waals surface area contributed by atoms with Gasteiger partial charge in [-0.2, -0.15) is 13.2 Å². The Bertz CT molecular complexity index is 655. The van der Waals surface area contributed by atoms with Crippen LogP contribution in [0.5, 0.6) is 5.88 Å². The summed E-state index contributed by atoms with van der Waals surface area (Å²) in [6, 6.07) is 7.74. The van der Waals surface area contributed by atoms with E-state index in [1.165, 1.54) is 25.4 Å². The van der Waals surface area contributed by atoms with Crippen LogP contribution in [0.1, 0.15) is 21.5 Å². The molecule has 22 heavy (non-hydrogen) atoms. The Kier molecular flexibility index (Phi) is 4.65. The first kappa shape index (κ1) is 15.8. The van der Waals surface area contributed by atoms with Crippen molar-refractivity contribution in [3.8, 4) is 5.88 Å². The maximum Gasteiger partial charge on any atom is 0.416 e. The van der Waals surface area contributed by atoms with Crippen LogP contribution < -0.4 is 10.1 Å². The lowest BCUT2D eigenvalue weighted by Gasteiger charge is -2.10. The Hall–Kier alpha value is -2.57. The molecule has 0 unspecified atom stereocenters. The fourth-order valence-electron chi connectivity index (χ4n) is 1.82. The molecule has 2 aromatic rings. The molecule has 0 saturated carbocycles. The van der Waals surface area contributed by atoms with Gasteiger partial charge in [0.1, 0.15) is 5.56 Å². The van der Waals surface area contributed by atoms with Gasteiger partial charge in [-0.15, -0.1) is 0 Å². The molecule has 0 aliphatic heterocycles. The van der Waals surface area contributed by atoms with Crippen LogP contribution in [0.15, 0.2) is 42.6 Å². The van der Waals surface area contributed by atoms with Gasteiger partial charge >= 0.3 is 6.18 Å². The van der Waals surface area contributed by atoms with E-state index in [1.807, 2.05) is 0 Å². The summed E-state index contributed by atoms with van der Waals surface area (Å²) in [5, 5.41) is 2.61. The third-order valence-corrected chi connectivity index (χ3v) is 2.94. The Labute approximate surface area is 124 Å². The molecule has 2 rings (SSSR count). The second kappa shape index (κ2) is 6.46. The molecule has 4 nitrogen and oxygen atoms in total.